The Morgan fingerprint density at radius 3 is 2.26 bits per heavy atom. The summed E-state index contributed by atoms with van der Waals surface area (Å²) in [6, 6.07) is 1.24. The number of hydrogen-bond donors (Lipinski definition) is 2. The van der Waals surface area contributed by atoms with Crippen molar-refractivity contribution in [3.05, 3.63) is 0 Å². The second-order valence-electron chi connectivity index (χ2n) is 7.85. The minimum atomic E-state index is 0.0447. The minimum absolute atomic E-state index is 0.0447. The number of nitrogens with one attached hydrogen (secondary N) is 2. The maximum Gasteiger partial charge on any atom is 0.315 e. The van der Waals surface area contributed by atoms with E-state index in [0.29, 0.717) is 12.0 Å². The van der Waals surface area contributed by atoms with Crippen LogP contribution in [0.5, 0.6) is 0 Å². The van der Waals surface area contributed by atoms with E-state index in [-0.39, 0.29) is 6.03 Å². The lowest BCUT2D eigenvalue weighted by Crippen LogP contribution is -2.50. The monoisotopic (exact) mass is 322 g/mol. The molecule has 5 heteroatoms. The van der Waals surface area contributed by atoms with Crippen molar-refractivity contribution in [1.82, 2.24) is 20.4 Å². The minimum Gasteiger partial charge on any atom is -0.338 e. The summed E-state index contributed by atoms with van der Waals surface area (Å²) in [5.74, 6) is 0.654. The molecule has 0 aromatic carbocycles. The molecule has 0 unspecified atom stereocenters. The number of urea groups is 1. The number of likely N-dealkylation sites (tertiary alicyclic amines) is 2. The zero-order chi connectivity index (χ0) is 16.1. The van der Waals surface area contributed by atoms with E-state index in [1.165, 1.54) is 38.5 Å². The third-order valence-corrected chi connectivity index (χ3v) is 6.10. The number of amides is 2. The highest BCUT2D eigenvalue weighted by molar-refractivity contribution is 5.74. The summed E-state index contributed by atoms with van der Waals surface area (Å²) in [6.07, 6.45) is 10.2. The van der Waals surface area contributed by atoms with Gasteiger partial charge in [0.1, 0.15) is 0 Å². The summed E-state index contributed by atoms with van der Waals surface area (Å²) < 4.78 is 0. The average Bonchev–Trinajstić information content (AvgIpc) is 3.09. The van der Waals surface area contributed by atoms with Crippen molar-refractivity contribution in [2.75, 3.05) is 39.8 Å². The van der Waals surface area contributed by atoms with Crippen molar-refractivity contribution in [2.45, 2.75) is 63.5 Å². The fourth-order valence-electron chi connectivity index (χ4n) is 4.42. The Balaban J connectivity index is 1.30. The molecule has 1 aliphatic carbocycles. The zero-order valence-corrected chi connectivity index (χ0v) is 14.7. The number of rotatable bonds is 4. The molecule has 3 rings (SSSR count). The SMILES string of the molecule is CN1CCC(CNC(=O)NC2CCN(C3CCCC3)CC2)CC1. The van der Waals surface area contributed by atoms with Crippen molar-refractivity contribution in [3.8, 4) is 0 Å². The predicted octanol–water partition coefficient (Wildman–Crippen LogP) is 2.03. The van der Waals surface area contributed by atoms with Crippen LogP contribution in [0.15, 0.2) is 0 Å². The van der Waals surface area contributed by atoms with Gasteiger partial charge in [-0.25, -0.2) is 4.79 Å². The lowest BCUT2D eigenvalue weighted by Gasteiger charge is -2.36. The summed E-state index contributed by atoms with van der Waals surface area (Å²) in [6.45, 7) is 5.47. The Bertz CT molecular complexity index is 367. The van der Waals surface area contributed by atoms with Crippen LogP contribution in [0, 0.1) is 5.92 Å². The lowest BCUT2D eigenvalue weighted by atomic mass is 9.97. The van der Waals surface area contributed by atoms with Gasteiger partial charge in [0.25, 0.3) is 0 Å². The topological polar surface area (TPSA) is 47.6 Å². The van der Waals surface area contributed by atoms with Gasteiger partial charge in [-0.15, -0.1) is 0 Å². The predicted molar refractivity (Wildman–Crippen MR) is 93.6 cm³/mol. The Labute approximate surface area is 141 Å². The summed E-state index contributed by atoms with van der Waals surface area (Å²) >= 11 is 0. The Morgan fingerprint density at radius 2 is 1.61 bits per heavy atom. The third-order valence-electron chi connectivity index (χ3n) is 6.10. The fraction of sp³-hybridized carbons (Fsp3) is 0.944. The molecule has 0 aromatic rings. The van der Waals surface area contributed by atoms with Crippen LogP contribution in [-0.4, -0.2) is 67.7 Å². The molecule has 2 saturated heterocycles. The number of carbonyl (C=O) groups is 1. The van der Waals surface area contributed by atoms with Gasteiger partial charge < -0.3 is 20.4 Å². The van der Waals surface area contributed by atoms with Gasteiger partial charge in [-0.1, -0.05) is 12.8 Å². The van der Waals surface area contributed by atoms with Gasteiger partial charge in [0.05, 0.1) is 0 Å². The van der Waals surface area contributed by atoms with Gasteiger partial charge in [0, 0.05) is 31.7 Å². The standard InChI is InChI=1S/C18H34N4O/c1-21-10-6-15(7-11-21)14-19-18(23)20-16-8-12-22(13-9-16)17-4-2-3-5-17/h15-17H,2-14H2,1H3,(H2,19,20,23). The van der Waals surface area contributed by atoms with E-state index in [1.807, 2.05) is 0 Å². The molecule has 0 spiro atoms. The van der Waals surface area contributed by atoms with E-state index in [1.54, 1.807) is 0 Å². The first-order valence-electron chi connectivity index (χ1n) is 9.67. The maximum absolute atomic E-state index is 12.1. The highest BCUT2D eigenvalue weighted by Gasteiger charge is 2.27. The largest absolute Gasteiger partial charge is 0.338 e. The van der Waals surface area contributed by atoms with Gasteiger partial charge >= 0.3 is 6.03 Å². The van der Waals surface area contributed by atoms with Gasteiger partial charge in [0.15, 0.2) is 0 Å². The maximum atomic E-state index is 12.1. The normalized spacial score (nSPS) is 26.5. The lowest BCUT2D eigenvalue weighted by molar-refractivity contribution is 0.145. The molecule has 5 nitrogen and oxygen atoms in total. The van der Waals surface area contributed by atoms with Crippen LogP contribution < -0.4 is 10.6 Å². The first kappa shape index (κ1) is 17.0. The first-order valence-corrected chi connectivity index (χ1v) is 9.67. The molecular formula is C18H34N4O. The molecule has 3 aliphatic rings. The molecular weight excluding hydrogens is 288 g/mol. The molecule has 2 N–H and O–H groups in total. The molecule has 2 aliphatic heterocycles. The number of hydrogen-bond acceptors (Lipinski definition) is 3. The Kier molecular flexibility index (Phi) is 6.17. The quantitative estimate of drug-likeness (QED) is 0.833. The third kappa shape index (κ3) is 5.08. The number of carbonyl (C=O) groups excluding carboxylic acids is 1. The molecule has 1 saturated carbocycles. The zero-order valence-electron chi connectivity index (χ0n) is 14.7. The fourth-order valence-corrected chi connectivity index (χ4v) is 4.42. The molecule has 0 bridgehead atoms. The molecule has 0 aromatic heterocycles. The summed E-state index contributed by atoms with van der Waals surface area (Å²) in [4.78, 5) is 17.1. The summed E-state index contributed by atoms with van der Waals surface area (Å²) in [5.41, 5.74) is 0. The molecule has 2 heterocycles. The summed E-state index contributed by atoms with van der Waals surface area (Å²) in [7, 11) is 2.17. The van der Waals surface area contributed by atoms with Crippen LogP contribution >= 0.6 is 0 Å². The van der Waals surface area contributed by atoms with Crippen LogP contribution in [-0.2, 0) is 0 Å². The van der Waals surface area contributed by atoms with Crippen molar-refractivity contribution >= 4 is 6.03 Å². The molecule has 0 radical (unpaired) electrons. The van der Waals surface area contributed by atoms with E-state index in [0.717, 1.165) is 51.6 Å². The molecule has 3 fully saturated rings. The van der Waals surface area contributed by atoms with Crippen LogP contribution in [0.1, 0.15) is 51.4 Å². The molecule has 23 heavy (non-hydrogen) atoms. The van der Waals surface area contributed by atoms with E-state index >= 15 is 0 Å². The Morgan fingerprint density at radius 1 is 0.957 bits per heavy atom. The van der Waals surface area contributed by atoms with E-state index < -0.39 is 0 Å². The van der Waals surface area contributed by atoms with Gasteiger partial charge in [-0.3, -0.25) is 0 Å². The summed E-state index contributed by atoms with van der Waals surface area (Å²) in [5, 5.41) is 6.29. The average molecular weight is 322 g/mol. The first-order chi connectivity index (χ1) is 11.2. The van der Waals surface area contributed by atoms with E-state index in [4.69, 9.17) is 0 Å². The smallest absolute Gasteiger partial charge is 0.315 e. The van der Waals surface area contributed by atoms with Gasteiger partial charge in [0.2, 0.25) is 0 Å². The van der Waals surface area contributed by atoms with Gasteiger partial charge in [-0.05, 0) is 64.6 Å². The van der Waals surface area contributed by atoms with Crippen molar-refractivity contribution in [2.24, 2.45) is 5.92 Å². The molecule has 132 valence electrons. The van der Waals surface area contributed by atoms with Gasteiger partial charge in [-0.2, -0.15) is 0 Å². The second kappa shape index (κ2) is 8.34. The van der Waals surface area contributed by atoms with E-state index in [2.05, 4.69) is 27.5 Å². The Hall–Kier alpha value is -0.810. The molecule has 2 amide bonds. The van der Waals surface area contributed by atoms with Crippen molar-refractivity contribution in [3.63, 3.8) is 0 Å². The van der Waals surface area contributed by atoms with Crippen LogP contribution in [0.4, 0.5) is 4.79 Å². The van der Waals surface area contributed by atoms with Crippen LogP contribution in [0.2, 0.25) is 0 Å². The molecule has 0 atom stereocenters. The number of piperidine rings is 2. The highest BCUT2D eigenvalue weighted by atomic mass is 16.2. The highest BCUT2D eigenvalue weighted by Crippen LogP contribution is 2.26. The van der Waals surface area contributed by atoms with Crippen LogP contribution in [0.3, 0.4) is 0 Å². The van der Waals surface area contributed by atoms with E-state index in [9.17, 15) is 4.79 Å². The van der Waals surface area contributed by atoms with Crippen molar-refractivity contribution in [1.29, 1.82) is 0 Å². The number of nitrogens with zero attached hydrogens (tertiary/aromatic N) is 2. The van der Waals surface area contributed by atoms with Crippen molar-refractivity contribution < 1.29 is 4.79 Å². The van der Waals surface area contributed by atoms with Crippen LogP contribution in [0.25, 0.3) is 0 Å². The second-order valence-corrected chi connectivity index (χ2v) is 7.85.